The van der Waals surface area contributed by atoms with Gasteiger partial charge >= 0.3 is 0 Å². The first-order valence-corrected chi connectivity index (χ1v) is 8.63. The Bertz CT molecular complexity index is 744. The zero-order valence-corrected chi connectivity index (χ0v) is 14.7. The minimum absolute atomic E-state index is 0.0812. The Morgan fingerprint density at radius 1 is 1.19 bits per heavy atom. The third kappa shape index (κ3) is 5.13. The molecule has 2 aromatic carbocycles. The fourth-order valence-corrected chi connectivity index (χ4v) is 2.55. The quantitative estimate of drug-likeness (QED) is 0.757. The van der Waals surface area contributed by atoms with E-state index in [0.29, 0.717) is 30.1 Å². The molecule has 138 valence electrons. The van der Waals surface area contributed by atoms with Crippen LogP contribution in [-0.2, 0) is 11.2 Å². The van der Waals surface area contributed by atoms with Crippen LogP contribution >= 0.6 is 0 Å². The summed E-state index contributed by atoms with van der Waals surface area (Å²) < 4.78 is 16.0. The van der Waals surface area contributed by atoms with Gasteiger partial charge in [-0.1, -0.05) is 29.8 Å². The van der Waals surface area contributed by atoms with Gasteiger partial charge in [0.15, 0.2) is 11.5 Å². The van der Waals surface area contributed by atoms with Crippen LogP contribution in [0, 0.1) is 6.92 Å². The summed E-state index contributed by atoms with van der Waals surface area (Å²) >= 11 is 0. The molecule has 0 saturated heterocycles. The van der Waals surface area contributed by atoms with E-state index in [2.05, 4.69) is 5.32 Å². The van der Waals surface area contributed by atoms with Crippen molar-refractivity contribution >= 4 is 5.91 Å². The Morgan fingerprint density at radius 2 is 1.96 bits per heavy atom. The van der Waals surface area contributed by atoms with Crippen molar-refractivity contribution in [1.82, 2.24) is 5.32 Å². The Morgan fingerprint density at radius 3 is 2.77 bits per heavy atom. The Hall–Kier alpha value is -2.73. The maximum Gasteiger partial charge on any atom is 0.231 e. The lowest BCUT2D eigenvalue weighted by Crippen LogP contribution is -2.35. The molecule has 6 nitrogen and oxygen atoms in total. The van der Waals surface area contributed by atoms with Crippen molar-refractivity contribution in [2.75, 3.05) is 19.9 Å². The molecule has 1 aliphatic heterocycles. The average Bonchev–Trinajstić information content (AvgIpc) is 3.12. The smallest absolute Gasteiger partial charge is 0.231 e. The number of rotatable bonds is 8. The Balaban J connectivity index is 1.35. The standard InChI is InChI=1S/C20H23NO5/c1-14-2-4-15(5-3-14)6-9-20(23)21-11-16(22)12-24-17-7-8-18-19(10-17)26-13-25-18/h2-5,7-8,10,16,22H,6,9,11-13H2,1H3,(H,21,23). The lowest BCUT2D eigenvalue weighted by atomic mass is 10.1. The van der Waals surface area contributed by atoms with Gasteiger partial charge in [0.2, 0.25) is 12.7 Å². The fourth-order valence-electron chi connectivity index (χ4n) is 2.55. The normalized spacial score (nSPS) is 13.3. The van der Waals surface area contributed by atoms with Crippen molar-refractivity contribution in [3.63, 3.8) is 0 Å². The second-order valence-corrected chi connectivity index (χ2v) is 6.27. The van der Waals surface area contributed by atoms with Crippen LogP contribution in [0.1, 0.15) is 17.5 Å². The summed E-state index contributed by atoms with van der Waals surface area (Å²) in [5.74, 6) is 1.80. The number of amides is 1. The van der Waals surface area contributed by atoms with Crippen LogP contribution in [0.5, 0.6) is 17.2 Å². The molecule has 0 aromatic heterocycles. The first kappa shape index (κ1) is 18.1. The molecule has 2 aromatic rings. The molecule has 1 atom stereocenters. The van der Waals surface area contributed by atoms with Crippen LogP contribution in [0.2, 0.25) is 0 Å². The van der Waals surface area contributed by atoms with E-state index in [4.69, 9.17) is 14.2 Å². The van der Waals surface area contributed by atoms with Crippen molar-refractivity contribution in [1.29, 1.82) is 0 Å². The molecule has 26 heavy (non-hydrogen) atoms. The molecule has 0 aliphatic carbocycles. The van der Waals surface area contributed by atoms with Gasteiger partial charge in [-0.05, 0) is 31.0 Å². The predicted octanol–water partition coefficient (Wildman–Crippen LogP) is 2.21. The van der Waals surface area contributed by atoms with Crippen LogP contribution in [0.4, 0.5) is 0 Å². The molecule has 1 heterocycles. The van der Waals surface area contributed by atoms with Crippen molar-refractivity contribution in [3.05, 3.63) is 53.6 Å². The van der Waals surface area contributed by atoms with Crippen LogP contribution in [-0.4, -0.2) is 37.1 Å². The number of nitrogens with one attached hydrogen (secondary N) is 1. The largest absolute Gasteiger partial charge is 0.491 e. The van der Waals surface area contributed by atoms with Gasteiger partial charge in [0.25, 0.3) is 0 Å². The number of ether oxygens (including phenoxy) is 3. The van der Waals surface area contributed by atoms with E-state index in [1.807, 2.05) is 31.2 Å². The SMILES string of the molecule is Cc1ccc(CCC(=O)NCC(O)COc2ccc3c(c2)OCO3)cc1. The summed E-state index contributed by atoms with van der Waals surface area (Å²) in [7, 11) is 0. The molecule has 1 amide bonds. The van der Waals surface area contributed by atoms with E-state index in [9.17, 15) is 9.90 Å². The molecular formula is C20H23NO5. The maximum atomic E-state index is 11.9. The topological polar surface area (TPSA) is 77.0 Å². The number of carbonyl (C=O) groups is 1. The molecule has 6 heteroatoms. The number of fused-ring (bicyclic) bond motifs is 1. The number of benzene rings is 2. The van der Waals surface area contributed by atoms with Gasteiger partial charge < -0.3 is 24.6 Å². The van der Waals surface area contributed by atoms with Gasteiger partial charge in [-0.25, -0.2) is 0 Å². The minimum atomic E-state index is -0.788. The number of aliphatic hydroxyl groups is 1. The van der Waals surface area contributed by atoms with Gasteiger partial charge in [-0.2, -0.15) is 0 Å². The molecule has 0 bridgehead atoms. The van der Waals surface area contributed by atoms with E-state index in [-0.39, 0.29) is 25.9 Å². The number of hydrogen-bond acceptors (Lipinski definition) is 5. The van der Waals surface area contributed by atoms with E-state index in [1.54, 1.807) is 18.2 Å². The summed E-state index contributed by atoms with van der Waals surface area (Å²) in [5, 5.41) is 12.7. The van der Waals surface area contributed by atoms with Crippen LogP contribution in [0.15, 0.2) is 42.5 Å². The van der Waals surface area contributed by atoms with E-state index in [0.717, 1.165) is 5.56 Å². The van der Waals surface area contributed by atoms with E-state index in [1.165, 1.54) is 5.56 Å². The summed E-state index contributed by atoms with van der Waals surface area (Å²) in [5.41, 5.74) is 2.32. The highest BCUT2D eigenvalue weighted by Crippen LogP contribution is 2.35. The van der Waals surface area contributed by atoms with Crippen molar-refractivity contribution in [2.45, 2.75) is 25.9 Å². The third-order valence-corrected chi connectivity index (χ3v) is 4.08. The van der Waals surface area contributed by atoms with E-state index < -0.39 is 6.10 Å². The highest BCUT2D eigenvalue weighted by atomic mass is 16.7. The van der Waals surface area contributed by atoms with Crippen LogP contribution < -0.4 is 19.5 Å². The molecule has 0 radical (unpaired) electrons. The molecule has 1 aliphatic rings. The lowest BCUT2D eigenvalue weighted by Gasteiger charge is -2.13. The summed E-state index contributed by atoms with van der Waals surface area (Å²) in [6, 6.07) is 13.3. The van der Waals surface area contributed by atoms with Gasteiger partial charge in [-0.3, -0.25) is 4.79 Å². The zero-order chi connectivity index (χ0) is 18.4. The number of hydrogen-bond donors (Lipinski definition) is 2. The second-order valence-electron chi connectivity index (χ2n) is 6.27. The first-order valence-electron chi connectivity index (χ1n) is 8.63. The average molecular weight is 357 g/mol. The zero-order valence-electron chi connectivity index (χ0n) is 14.7. The van der Waals surface area contributed by atoms with Crippen molar-refractivity contribution in [2.24, 2.45) is 0 Å². The summed E-state index contributed by atoms with van der Waals surface area (Å²) in [4.78, 5) is 11.9. The second kappa shape index (κ2) is 8.58. The number of aryl methyl sites for hydroxylation is 2. The minimum Gasteiger partial charge on any atom is -0.491 e. The first-order chi connectivity index (χ1) is 12.6. The molecule has 0 saturated carbocycles. The molecule has 1 unspecified atom stereocenters. The van der Waals surface area contributed by atoms with Crippen molar-refractivity contribution < 1.29 is 24.1 Å². The molecule has 3 rings (SSSR count). The third-order valence-electron chi connectivity index (χ3n) is 4.08. The van der Waals surface area contributed by atoms with Gasteiger partial charge in [0, 0.05) is 19.0 Å². The van der Waals surface area contributed by atoms with Crippen LogP contribution in [0.3, 0.4) is 0 Å². The van der Waals surface area contributed by atoms with Gasteiger partial charge in [-0.15, -0.1) is 0 Å². The fraction of sp³-hybridized carbons (Fsp3) is 0.350. The van der Waals surface area contributed by atoms with Crippen LogP contribution in [0.25, 0.3) is 0 Å². The summed E-state index contributed by atoms with van der Waals surface area (Å²) in [6.45, 7) is 2.47. The summed E-state index contributed by atoms with van der Waals surface area (Å²) in [6.07, 6.45) is 0.276. The maximum absolute atomic E-state index is 11.9. The lowest BCUT2D eigenvalue weighted by molar-refractivity contribution is -0.121. The Kier molecular flexibility index (Phi) is 5.96. The van der Waals surface area contributed by atoms with Gasteiger partial charge in [0.05, 0.1) is 0 Å². The number of aliphatic hydroxyl groups excluding tert-OH is 1. The monoisotopic (exact) mass is 357 g/mol. The van der Waals surface area contributed by atoms with E-state index >= 15 is 0 Å². The molecule has 0 fully saturated rings. The molecule has 2 N–H and O–H groups in total. The predicted molar refractivity (Wildman–Crippen MR) is 96.6 cm³/mol. The number of carbonyl (C=O) groups excluding carboxylic acids is 1. The highest BCUT2D eigenvalue weighted by molar-refractivity contribution is 5.76. The highest BCUT2D eigenvalue weighted by Gasteiger charge is 2.14. The molecule has 0 spiro atoms. The van der Waals surface area contributed by atoms with Gasteiger partial charge in [0.1, 0.15) is 18.5 Å². The Labute approximate surface area is 152 Å². The molecular weight excluding hydrogens is 334 g/mol. The van der Waals surface area contributed by atoms with Crippen molar-refractivity contribution in [3.8, 4) is 17.2 Å².